The first-order valence-corrected chi connectivity index (χ1v) is 5.68. The number of non-ortho nitro benzene ring substituents is 1. The molecule has 0 radical (unpaired) electrons. The summed E-state index contributed by atoms with van der Waals surface area (Å²) < 4.78 is 0. The fraction of sp³-hybridized carbons (Fsp3) is 0.385. The molecule has 18 heavy (non-hydrogen) atoms. The third-order valence-electron chi connectivity index (χ3n) is 2.24. The molecular weight excluding hydrogens is 252 g/mol. The number of nitrogens with one attached hydrogen (secondary N) is 1. The molecular formula is C13H17ClN2O2. The smallest absolute Gasteiger partial charge is 0.269 e. The van der Waals surface area contributed by atoms with Gasteiger partial charge in [-0.3, -0.25) is 10.1 Å². The highest BCUT2D eigenvalue weighted by molar-refractivity contribution is 5.85. The lowest BCUT2D eigenvalue weighted by Gasteiger charge is -2.00. The molecule has 1 aromatic carbocycles. The van der Waals surface area contributed by atoms with Crippen molar-refractivity contribution in [1.29, 1.82) is 0 Å². The first-order valence-electron chi connectivity index (χ1n) is 5.68. The van der Waals surface area contributed by atoms with Crippen LogP contribution in [0, 0.1) is 22.0 Å². The molecule has 5 heteroatoms. The lowest BCUT2D eigenvalue weighted by Crippen LogP contribution is -1.98. The van der Waals surface area contributed by atoms with Crippen LogP contribution < -0.4 is 5.32 Å². The number of halogens is 1. The molecule has 0 amide bonds. The van der Waals surface area contributed by atoms with E-state index in [4.69, 9.17) is 0 Å². The van der Waals surface area contributed by atoms with E-state index < -0.39 is 4.92 Å². The second kappa shape index (κ2) is 9.32. The van der Waals surface area contributed by atoms with Crippen LogP contribution in [0.5, 0.6) is 0 Å². The molecule has 0 saturated carbocycles. The van der Waals surface area contributed by atoms with E-state index >= 15 is 0 Å². The van der Waals surface area contributed by atoms with Gasteiger partial charge in [0.05, 0.1) is 11.5 Å². The van der Waals surface area contributed by atoms with Crippen molar-refractivity contribution in [3.05, 3.63) is 34.4 Å². The Bertz CT molecular complexity index is 421. The van der Waals surface area contributed by atoms with E-state index in [-0.39, 0.29) is 18.1 Å². The zero-order valence-electron chi connectivity index (χ0n) is 10.3. The van der Waals surface area contributed by atoms with Crippen molar-refractivity contribution in [2.45, 2.75) is 26.2 Å². The summed E-state index contributed by atoms with van der Waals surface area (Å²) in [5.41, 5.74) is 0.949. The van der Waals surface area contributed by atoms with Gasteiger partial charge < -0.3 is 5.32 Å². The number of hydrogen-bond donors (Lipinski definition) is 1. The van der Waals surface area contributed by atoms with Crippen molar-refractivity contribution in [2.75, 3.05) is 11.9 Å². The van der Waals surface area contributed by atoms with Crippen LogP contribution in [0.25, 0.3) is 0 Å². The molecule has 0 fully saturated rings. The molecule has 0 bridgehead atoms. The van der Waals surface area contributed by atoms with E-state index in [1.54, 1.807) is 12.1 Å². The molecule has 0 aliphatic carbocycles. The first-order chi connectivity index (χ1) is 8.24. The minimum absolute atomic E-state index is 0. The number of hydrogen-bond acceptors (Lipinski definition) is 3. The molecule has 1 rings (SSSR count). The molecule has 98 valence electrons. The van der Waals surface area contributed by atoms with Crippen molar-refractivity contribution in [1.82, 2.24) is 0 Å². The monoisotopic (exact) mass is 268 g/mol. The fourth-order valence-electron chi connectivity index (χ4n) is 1.26. The molecule has 0 spiro atoms. The molecule has 1 N–H and O–H groups in total. The van der Waals surface area contributed by atoms with Crippen molar-refractivity contribution >= 4 is 23.8 Å². The molecule has 0 saturated heterocycles. The Labute approximate surface area is 113 Å². The largest absolute Gasteiger partial charge is 0.374 e. The predicted molar refractivity (Wildman–Crippen MR) is 76.1 cm³/mol. The van der Waals surface area contributed by atoms with Gasteiger partial charge in [0.25, 0.3) is 5.69 Å². The average molecular weight is 269 g/mol. The van der Waals surface area contributed by atoms with Gasteiger partial charge in [0.2, 0.25) is 0 Å². The van der Waals surface area contributed by atoms with Crippen LogP contribution in [0.15, 0.2) is 24.3 Å². The van der Waals surface area contributed by atoms with E-state index in [1.807, 2.05) is 0 Å². The van der Waals surface area contributed by atoms with Gasteiger partial charge >= 0.3 is 0 Å². The highest BCUT2D eigenvalue weighted by atomic mass is 35.5. The average Bonchev–Trinajstić information content (AvgIpc) is 2.34. The SMILES string of the molecule is CCCCC#CCNc1ccc([N+](=O)[O-])cc1.Cl. The third kappa shape index (κ3) is 6.12. The lowest BCUT2D eigenvalue weighted by atomic mass is 10.2. The van der Waals surface area contributed by atoms with Gasteiger partial charge in [-0.15, -0.1) is 18.3 Å². The van der Waals surface area contributed by atoms with Crippen LogP contribution >= 0.6 is 12.4 Å². The van der Waals surface area contributed by atoms with Crippen molar-refractivity contribution < 1.29 is 4.92 Å². The number of nitrogens with zero attached hydrogens (tertiary/aromatic N) is 1. The van der Waals surface area contributed by atoms with Gasteiger partial charge in [0.15, 0.2) is 0 Å². The van der Waals surface area contributed by atoms with Crippen LogP contribution in [0.4, 0.5) is 11.4 Å². The maximum absolute atomic E-state index is 10.4. The Kier molecular flexibility index (Phi) is 8.42. The molecule has 4 nitrogen and oxygen atoms in total. The zero-order chi connectivity index (χ0) is 12.5. The highest BCUT2D eigenvalue weighted by Gasteiger charge is 2.02. The zero-order valence-corrected chi connectivity index (χ0v) is 11.1. The minimum atomic E-state index is -0.408. The summed E-state index contributed by atoms with van der Waals surface area (Å²) in [7, 11) is 0. The van der Waals surface area contributed by atoms with Crippen LogP contribution in [0.3, 0.4) is 0 Å². The maximum Gasteiger partial charge on any atom is 0.269 e. The van der Waals surface area contributed by atoms with Gasteiger partial charge in [-0.1, -0.05) is 19.3 Å². The van der Waals surface area contributed by atoms with Gasteiger partial charge in [-0.25, -0.2) is 0 Å². The molecule has 0 unspecified atom stereocenters. The number of benzene rings is 1. The molecule has 0 atom stereocenters. The summed E-state index contributed by atoms with van der Waals surface area (Å²) in [6.45, 7) is 2.71. The Morgan fingerprint density at radius 2 is 1.94 bits per heavy atom. The Morgan fingerprint density at radius 1 is 1.28 bits per heavy atom. The second-order valence-corrected chi connectivity index (χ2v) is 3.61. The van der Waals surface area contributed by atoms with Crippen LogP contribution in [-0.2, 0) is 0 Å². The fourth-order valence-corrected chi connectivity index (χ4v) is 1.26. The summed E-state index contributed by atoms with van der Waals surface area (Å²) in [6, 6.07) is 6.33. The normalized spacial score (nSPS) is 8.72. The van der Waals surface area contributed by atoms with Crippen LogP contribution in [-0.4, -0.2) is 11.5 Å². The Morgan fingerprint density at radius 3 is 2.50 bits per heavy atom. The van der Waals surface area contributed by atoms with E-state index in [0.29, 0.717) is 6.54 Å². The summed E-state index contributed by atoms with van der Waals surface area (Å²) in [4.78, 5) is 10.0. The van der Waals surface area contributed by atoms with Crippen LogP contribution in [0.2, 0.25) is 0 Å². The molecule has 1 aromatic rings. The number of nitro benzene ring substituents is 1. The summed E-state index contributed by atoms with van der Waals surface area (Å²) in [5.74, 6) is 6.08. The highest BCUT2D eigenvalue weighted by Crippen LogP contribution is 2.14. The Hall–Kier alpha value is -1.73. The molecule has 0 aliphatic heterocycles. The number of rotatable bonds is 5. The maximum atomic E-state index is 10.4. The number of unbranched alkanes of at least 4 members (excludes halogenated alkanes) is 2. The Balaban J connectivity index is 0.00000289. The standard InChI is InChI=1S/C13H16N2O2.ClH/c1-2-3-4-5-6-11-14-12-7-9-13(10-8-12)15(16)17;/h7-10,14H,2-4,11H2,1H3;1H. The van der Waals surface area contributed by atoms with Crippen molar-refractivity contribution in [3.63, 3.8) is 0 Å². The summed E-state index contributed by atoms with van der Waals surface area (Å²) in [5, 5.41) is 13.5. The van der Waals surface area contributed by atoms with Crippen molar-refractivity contribution in [3.8, 4) is 11.8 Å². The summed E-state index contributed by atoms with van der Waals surface area (Å²) >= 11 is 0. The van der Waals surface area contributed by atoms with Gasteiger partial charge in [-0.2, -0.15) is 0 Å². The van der Waals surface area contributed by atoms with Gasteiger partial charge in [0, 0.05) is 24.2 Å². The minimum Gasteiger partial charge on any atom is -0.374 e. The van der Waals surface area contributed by atoms with Crippen molar-refractivity contribution in [2.24, 2.45) is 0 Å². The number of nitro groups is 1. The summed E-state index contributed by atoms with van der Waals surface area (Å²) in [6.07, 6.45) is 3.22. The molecule has 0 aliphatic rings. The van der Waals surface area contributed by atoms with Gasteiger partial charge in [-0.05, 0) is 18.6 Å². The topological polar surface area (TPSA) is 55.2 Å². The van der Waals surface area contributed by atoms with E-state index in [2.05, 4.69) is 24.1 Å². The quantitative estimate of drug-likeness (QED) is 0.384. The van der Waals surface area contributed by atoms with E-state index in [0.717, 1.165) is 24.9 Å². The van der Waals surface area contributed by atoms with E-state index in [1.165, 1.54) is 12.1 Å². The van der Waals surface area contributed by atoms with E-state index in [9.17, 15) is 10.1 Å². The lowest BCUT2D eigenvalue weighted by molar-refractivity contribution is -0.384. The first kappa shape index (κ1) is 16.3. The predicted octanol–water partition coefficient (Wildman–Crippen LogP) is 3.62. The third-order valence-corrected chi connectivity index (χ3v) is 2.24. The van der Waals surface area contributed by atoms with Crippen LogP contribution in [0.1, 0.15) is 26.2 Å². The van der Waals surface area contributed by atoms with Gasteiger partial charge in [0.1, 0.15) is 0 Å². The number of anilines is 1. The molecule has 0 heterocycles. The second-order valence-electron chi connectivity index (χ2n) is 3.61. The molecule has 0 aromatic heterocycles.